The van der Waals surface area contributed by atoms with Gasteiger partial charge in [-0.3, -0.25) is 0 Å². The maximum Gasteiger partial charge on any atom is 0.316 e. The van der Waals surface area contributed by atoms with E-state index < -0.39 is 10.0 Å². The predicted molar refractivity (Wildman–Crippen MR) is 62.1 cm³/mol. The summed E-state index contributed by atoms with van der Waals surface area (Å²) in [6.07, 6.45) is 5.86. The van der Waals surface area contributed by atoms with E-state index in [0.717, 1.165) is 12.8 Å². The highest BCUT2D eigenvalue weighted by atomic mass is 32.2. The number of sulfonamides is 1. The molecule has 0 aliphatic carbocycles. The zero-order valence-corrected chi connectivity index (χ0v) is 10.4. The molecule has 2 rings (SSSR count). The van der Waals surface area contributed by atoms with Crippen LogP contribution in [0.5, 0.6) is 6.01 Å². The van der Waals surface area contributed by atoms with Crippen LogP contribution in [0.4, 0.5) is 0 Å². The van der Waals surface area contributed by atoms with Gasteiger partial charge in [0.1, 0.15) is 6.10 Å². The van der Waals surface area contributed by atoms with E-state index in [1.165, 1.54) is 10.6 Å². The van der Waals surface area contributed by atoms with E-state index in [1.807, 2.05) is 0 Å². The summed E-state index contributed by atoms with van der Waals surface area (Å²) >= 11 is 0. The molecule has 0 radical (unpaired) electrons. The Morgan fingerprint density at radius 3 is 2.76 bits per heavy atom. The van der Waals surface area contributed by atoms with Gasteiger partial charge in [-0.05, 0) is 18.9 Å². The number of ether oxygens (including phenoxy) is 1. The lowest BCUT2D eigenvalue weighted by Crippen LogP contribution is -2.44. The third-order valence-electron chi connectivity index (χ3n) is 2.62. The molecule has 0 N–H and O–H groups in total. The second-order valence-electron chi connectivity index (χ2n) is 4.03. The van der Waals surface area contributed by atoms with Crippen LogP contribution in [0, 0.1) is 0 Å². The smallest absolute Gasteiger partial charge is 0.316 e. The van der Waals surface area contributed by atoms with Crippen LogP contribution < -0.4 is 4.74 Å². The van der Waals surface area contributed by atoms with Crippen LogP contribution in [0.2, 0.25) is 0 Å². The number of nitrogens with zero attached hydrogens (tertiary/aromatic N) is 3. The molecule has 0 aromatic carbocycles. The van der Waals surface area contributed by atoms with Gasteiger partial charge < -0.3 is 4.74 Å². The predicted octanol–water partition coefficient (Wildman–Crippen LogP) is 0.279. The second-order valence-corrected chi connectivity index (χ2v) is 6.02. The van der Waals surface area contributed by atoms with Gasteiger partial charge >= 0.3 is 6.01 Å². The van der Waals surface area contributed by atoms with Crippen molar-refractivity contribution in [3.63, 3.8) is 0 Å². The number of rotatable bonds is 3. The van der Waals surface area contributed by atoms with Crippen molar-refractivity contribution in [1.29, 1.82) is 0 Å². The summed E-state index contributed by atoms with van der Waals surface area (Å²) in [6, 6.07) is 2.00. The van der Waals surface area contributed by atoms with Crippen molar-refractivity contribution in [2.45, 2.75) is 18.9 Å². The lowest BCUT2D eigenvalue weighted by atomic mass is 10.1. The van der Waals surface area contributed by atoms with E-state index in [-0.39, 0.29) is 6.10 Å². The molecule has 0 saturated carbocycles. The van der Waals surface area contributed by atoms with E-state index in [0.29, 0.717) is 19.1 Å². The van der Waals surface area contributed by atoms with E-state index >= 15 is 0 Å². The van der Waals surface area contributed by atoms with E-state index in [4.69, 9.17) is 4.74 Å². The van der Waals surface area contributed by atoms with E-state index in [1.54, 1.807) is 18.5 Å². The standard InChI is InChI=1S/C10H15N3O3S/c1-17(14,15)13-7-2-4-9(8-13)16-10-11-5-3-6-12-10/h3,5-6,9H,2,4,7-8H2,1H3. The van der Waals surface area contributed by atoms with Crippen molar-refractivity contribution >= 4 is 10.0 Å². The quantitative estimate of drug-likeness (QED) is 0.777. The first-order valence-corrected chi connectivity index (χ1v) is 7.29. The molecule has 7 heteroatoms. The molecule has 6 nitrogen and oxygen atoms in total. The van der Waals surface area contributed by atoms with Crippen molar-refractivity contribution in [2.24, 2.45) is 0 Å². The second kappa shape index (κ2) is 4.97. The lowest BCUT2D eigenvalue weighted by Gasteiger charge is -2.30. The van der Waals surface area contributed by atoms with Gasteiger partial charge in [-0.1, -0.05) is 0 Å². The molecule has 1 saturated heterocycles. The van der Waals surface area contributed by atoms with Crippen LogP contribution in [0.3, 0.4) is 0 Å². The van der Waals surface area contributed by atoms with Crippen molar-refractivity contribution in [1.82, 2.24) is 14.3 Å². The van der Waals surface area contributed by atoms with Crippen LogP contribution >= 0.6 is 0 Å². The number of aromatic nitrogens is 2. The number of piperidine rings is 1. The van der Waals surface area contributed by atoms with Gasteiger partial charge in [0.25, 0.3) is 0 Å². The van der Waals surface area contributed by atoms with Crippen LogP contribution in [-0.4, -0.2) is 48.1 Å². The summed E-state index contributed by atoms with van der Waals surface area (Å²) in [5, 5.41) is 0. The first-order chi connectivity index (χ1) is 8.05. The normalized spacial score (nSPS) is 22.3. The zero-order valence-electron chi connectivity index (χ0n) is 9.61. The van der Waals surface area contributed by atoms with Crippen molar-refractivity contribution in [3.05, 3.63) is 18.5 Å². The Hall–Kier alpha value is -1.21. The Kier molecular flexibility index (Phi) is 3.58. The average molecular weight is 257 g/mol. The van der Waals surface area contributed by atoms with Crippen LogP contribution in [0.25, 0.3) is 0 Å². The first kappa shape index (κ1) is 12.3. The summed E-state index contributed by atoms with van der Waals surface area (Å²) in [5.74, 6) is 0. The summed E-state index contributed by atoms with van der Waals surface area (Å²) in [5.41, 5.74) is 0. The first-order valence-electron chi connectivity index (χ1n) is 5.44. The lowest BCUT2D eigenvalue weighted by molar-refractivity contribution is 0.119. The highest BCUT2D eigenvalue weighted by Crippen LogP contribution is 2.16. The molecule has 0 amide bonds. The maximum atomic E-state index is 11.4. The van der Waals surface area contributed by atoms with Gasteiger partial charge in [0.2, 0.25) is 10.0 Å². The van der Waals surface area contributed by atoms with E-state index in [2.05, 4.69) is 9.97 Å². The SMILES string of the molecule is CS(=O)(=O)N1CCCC(Oc2ncccn2)C1. The van der Waals surface area contributed by atoms with Gasteiger partial charge in [-0.15, -0.1) is 0 Å². The Bertz CT molecular complexity index is 463. The van der Waals surface area contributed by atoms with E-state index in [9.17, 15) is 8.42 Å². The molecular weight excluding hydrogens is 242 g/mol. The topological polar surface area (TPSA) is 72.4 Å². The third-order valence-corrected chi connectivity index (χ3v) is 3.89. The number of hydrogen-bond acceptors (Lipinski definition) is 5. The third kappa shape index (κ3) is 3.37. The fraction of sp³-hybridized carbons (Fsp3) is 0.600. The average Bonchev–Trinajstić information content (AvgIpc) is 2.29. The minimum absolute atomic E-state index is 0.166. The Morgan fingerprint density at radius 2 is 2.12 bits per heavy atom. The monoisotopic (exact) mass is 257 g/mol. The molecule has 1 aromatic rings. The molecule has 1 fully saturated rings. The Labute approximate surface area is 101 Å². The van der Waals surface area contributed by atoms with Crippen LogP contribution in [0.1, 0.15) is 12.8 Å². The largest absolute Gasteiger partial charge is 0.459 e. The molecule has 1 unspecified atom stereocenters. The fourth-order valence-corrected chi connectivity index (χ4v) is 2.70. The molecule has 1 aromatic heterocycles. The molecule has 17 heavy (non-hydrogen) atoms. The minimum Gasteiger partial charge on any atom is -0.459 e. The van der Waals surface area contributed by atoms with Gasteiger partial charge in [0.05, 0.1) is 12.8 Å². The Morgan fingerprint density at radius 1 is 1.41 bits per heavy atom. The van der Waals surface area contributed by atoms with Crippen molar-refractivity contribution < 1.29 is 13.2 Å². The molecule has 0 spiro atoms. The van der Waals surface area contributed by atoms with Gasteiger partial charge in [0.15, 0.2) is 0 Å². The van der Waals surface area contributed by atoms with Gasteiger partial charge in [0, 0.05) is 18.9 Å². The summed E-state index contributed by atoms with van der Waals surface area (Å²) < 4.78 is 29.8. The Balaban J connectivity index is 1.99. The molecular formula is C10H15N3O3S. The van der Waals surface area contributed by atoms with Crippen molar-refractivity contribution in [3.8, 4) is 6.01 Å². The highest BCUT2D eigenvalue weighted by Gasteiger charge is 2.27. The van der Waals surface area contributed by atoms with Gasteiger partial charge in [-0.2, -0.15) is 4.31 Å². The summed E-state index contributed by atoms with van der Waals surface area (Å²) in [6.45, 7) is 0.936. The molecule has 1 atom stereocenters. The highest BCUT2D eigenvalue weighted by molar-refractivity contribution is 7.88. The number of hydrogen-bond donors (Lipinski definition) is 0. The maximum absolute atomic E-state index is 11.4. The summed E-state index contributed by atoms with van der Waals surface area (Å²) in [7, 11) is -3.14. The van der Waals surface area contributed by atoms with Gasteiger partial charge in [-0.25, -0.2) is 18.4 Å². The molecule has 0 bridgehead atoms. The molecule has 2 heterocycles. The summed E-state index contributed by atoms with van der Waals surface area (Å²) in [4.78, 5) is 7.92. The molecule has 1 aliphatic heterocycles. The fourth-order valence-electron chi connectivity index (χ4n) is 1.80. The van der Waals surface area contributed by atoms with Crippen LogP contribution in [0.15, 0.2) is 18.5 Å². The molecule has 94 valence electrons. The van der Waals surface area contributed by atoms with Crippen LogP contribution in [-0.2, 0) is 10.0 Å². The minimum atomic E-state index is -3.14. The van der Waals surface area contributed by atoms with Crippen molar-refractivity contribution in [2.75, 3.05) is 19.3 Å². The molecule has 1 aliphatic rings. The zero-order chi connectivity index (χ0) is 12.3.